The van der Waals surface area contributed by atoms with Crippen molar-refractivity contribution in [1.29, 1.82) is 0 Å². The maximum Gasteiger partial charge on any atom is 0.255 e. The van der Waals surface area contributed by atoms with Crippen molar-refractivity contribution in [3.8, 4) is 5.75 Å². The Morgan fingerprint density at radius 2 is 2.11 bits per heavy atom. The van der Waals surface area contributed by atoms with Gasteiger partial charge in [-0.15, -0.1) is 0 Å². The highest BCUT2D eigenvalue weighted by Crippen LogP contribution is 2.22. The quantitative estimate of drug-likeness (QED) is 0.291. The summed E-state index contributed by atoms with van der Waals surface area (Å²) in [6.45, 7) is 3.65. The molecule has 0 aliphatic heterocycles. The summed E-state index contributed by atoms with van der Waals surface area (Å²) in [6, 6.07) is 3.91. The fourth-order valence-electron chi connectivity index (χ4n) is 1.55. The standard InChI is InChI=1S/C12H16BrN3O3/c1-6(2)10(11(14)16-19)15-12(18)8-5-7(13)3-4-9(8)17/h3-6,10,17,19H,1-2H3,(H2,14,16)(H,15,18). The van der Waals surface area contributed by atoms with Crippen LogP contribution in [0, 0.1) is 5.92 Å². The maximum absolute atomic E-state index is 12.1. The molecule has 1 aromatic rings. The smallest absolute Gasteiger partial charge is 0.255 e. The molecule has 1 unspecified atom stereocenters. The number of carbonyl (C=O) groups is 1. The Bertz CT molecular complexity index is 503. The van der Waals surface area contributed by atoms with Crippen LogP contribution in [0.15, 0.2) is 27.8 Å². The van der Waals surface area contributed by atoms with E-state index in [1.165, 1.54) is 12.1 Å². The summed E-state index contributed by atoms with van der Waals surface area (Å²) >= 11 is 3.22. The summed E-state index contributed by atoms with van der Waals surface area (Å²) < 4.78 is 0.667. The number of nitrogens with two attached hydrogens (primary N) is 1. The number of amidine groups is 1. The van der Waals surface area contributed by atoms with Gasteiger partial charge in [-0.1, -0.05) is 34.9 Å². The van der Waals surface area contributed by atoms with E-state index in [-0.39, 0.29) is 23.1 Å². The molecule has 0 aromatic heterocycles. The van der Waals surface area contributed by atoms with Crippen LogP contribution in [0.4, 0.5) is 0 Å². The zero-order chi connectivity index (χ0) is 14.6. The summed E-state index contributed by atoms with van der Waals surface area (Å²) in [5, 5.41) is 23.9. The maximum atomic E-state index is 12.1. The average Bonchev–Trinajstić information content (AvgIpc) is 2.37. The van der Waals surface area contributed by atoms with E-state index in [0.29, 0.717) is 4.47 Å². The highest BCUT2D eigenvalue weighted by Gasteiger charge is 2.22. The van der Waals surface area contributed by atoms with Crippen LogP contribution < -0.4 is 11.1 Å². The van der Waals surface area contributed by atoms with Crippen molar-refractivity contribution in [1.82, 2.24) is 5.32 Å². The second kappa shape index (κ2) is 6.42. The van der Waals surface area contributed by atoms with Crippen molar-refractivity contribution in [3.05, 3.63) is 28.2 Å². The van der Waals surface area contributed by atoms with Crippen molar-refractivity contribution in [2.75, 3.05) is 0 Å². The number of aromatic hydroxyl groups is 1. The molecule has 1 atom stereocenters. The molecule has 0 heterocycles. The van der Waals surface area contributed by atoms with E-state index < -0.39 is 11.9 Å². The van der Waals surface area contributed by atoms with Gasteiger partial charge in [0.15, 0.2) is 5.84 Å². The Balaban J connectivity index is 2.97. The minimum Gasteiger partial charge on any atom is -0.507 e. The molecule has 0 radical (unpaired) electrons. The number of nitrogens with one attached hydrogen (secondary N) is 1. The van der Waals surface area contributed by atoms with E-state index >= 15 is 0 Å². The molecule has 0 saturated carbocycles. The van der Waals surface area contributed by atoms with E-state index in [2.05, 4.69) is 26.4 Å². The highest BCUT2D eigenvalue weighted by atomic mass is 79.9. The van der Waals surface area contributed by atoms with Crippen molar-refractivity contribution in [3.63, 3.8) is 0 Å². The van der Waals surface area contributed by atoms with Crippen LogP contribution in [0.5, 0.6) is 5.75 Å². The lowest BCUT2D eigenvalue weighted by atomic mass is 10.0. The van der Waals surface area contributed by atoms with Gasteiger partial charge in [-0.25, -0.2) is 0 Å². The van der Waals surface area contributed by atoms with Gasteiger partial charge in [-0.3, -0.25) is 4.79 Å². The molecule has 104 valence electrons. The van der Waals surface area contributed by atoms with Gasteiger partial charge in [0.05, 0.1) is 11.6 Å². The fraction of sp³-hybridized carbons (Fsp3) is 0.333. The van der Waals surface area contributed by atoms with E-state index in [4.69, 9.17) is 10.9 Å². The van der Waals surface area contributed by atoms with Gasteiger partial charge in [0.1, 0.15) is 5.75 Å². The lowest BCUT2D eigenvalue weighted by Crippen LogP contribution is -2.47. The lowest BCUT2D eigenvalue weighted by Gasteiger charge is -2.21. The first-order chi connectivity index (χ1) is 8.86. The predicted molar refractivity (Wildman–Crippen MR) is 75.3 cm³/mol. The Morgan fingerprint density at radius 3 is 2.63 bits per heavy atom. The first-order valence-corrected chi connectivity index (χ1v) is 6.43. The van der Waals surface area contributed by atoms with E-state index in [1.54, 1.807) is 6.07 Å². The zero-order valence-electron chi connectivity index (χ0n) is 10.6. The Labute approximate surface area is 119 Å². The third-order valence-electron chi connectivity index (χ3n) is 2.59. The molecule has 6 nitrogen and oxygen atoms in total. The molecule has 0 aliphatic carbocycles. The lowest BCUT2D eigenvalue weighted by molar-refractivity contribution is 0.0936. The van der Waals surface area contributed by atoms with Crippen LogP contribution in [-0.4, -0.2) is 28.1 Å². The topological polar surface area (TPSA) is 108 Å². The summed E-state index contributed by atoms with van der Waals surface area (Å²) in [5.41, 5.74) is 5.64. The van der Waals surface area contributed by atoms with Gasteiger partial charge >= 0.3 is 0 Å². The number of amides is 1. The van der Waals surface area contributed by atoms with Crippen LogP contribution in [0.25, 0.3) is 0 Å². The van der Waals surface area contributed by atoms with E-state index in [9.17, 15) is 9.90 Å². The number of nitrogens with zero attached hydrogens (tertiary/aromatic N) is 1. The van der Waals surface area contributed by atoms with Gasteiger partial charge in [0.25, 0.3) is 5.91 Å². The number of hydrogen-bond donors (Lipinski definition) is 4. The molecular formula is C12H16BrN3O3. The van der Waals surface area contributed by atoms with Gasteiger partial charge in [-0.2, -0.15) is 0 Å². The molecule has 1 amide bonds. The predicted octanol–water partition coefficient (Wildman–Crippen LogP) is 1.66. The average molecular weight is 330 g/mol. The Kier molecular flexibility index (Phi) is 5.17. The van der Waals surface area contributed by atoms with Gasteiger partial charge in [0, 0.05) is 4.47 Å². The van der Waals surface area contributed by atoms with Crippen molar-refractivity contribution < 1.29 is 15.1 Å². The molecule has 0 saturated heterocycles. The molecule has 5 N–H and O–H groups in total. The molecular weight excluding hydrogens is 314 g/mol. The first kappa shape index (κ1) is 15.3. The number of oxime groups is 1. The molecule has 0 fully saturated rings. The van der Waals surface area contributed by atoms with Crippen molar-refractivity contribution in [2.24, 2.45) is 16.8 Å². The monoisotopic (exact) mass is 329 g/mol. The number of rotatable bonds is 4. The second-order valence-corrected chi connectivity index (χ2v) is 5.30. The molecule has 7 heteroatoms. The molecule has 0 aliphatic rings. The third-order valence-corrected chi connectivity index (χ3v) is 3.08. The summed E-state index contributed by atoms with van der Waals surface area (Å²) in [6.07, 6.45) is 0. The highest BCUT2D eigenvalue weighted by molar-refractivity contribution is 9.10. The van der Waals surface area contributed by atoms with Crippen LogP contribution in [-0.2, 0) is 0 Å². The summed E-state index contributed by atoms with van der Waals surface area (Å²) in [4.78, 5) is 12.1. The Hall–Kier alpha value is -1.76. The molecule has 19 heavy (non-hydrogen) atoms. The minimum atomic E-state index is -0.615. The minimum absolute atomic E-state index is 0.0610. The summed E-state index contributed by atoms with van der Waals surface area (Å²) in [7, 11) is 0. The SMILES string of the molecule is CC(C)C(NC(=O)c1cc(Br)ccc1O)/C(N)=N/O. The van der Waals surface area contributed by atoms with Crippen LogP contribution >= 0.6 is 15.9 Å². The number of hydrogen-bond acceptors (Lipinski definition) is 4. The van der Waals surface area contributed by atoms with E-state index in [0.717, 1.165) is 0 Å². The Morgan fingerprint density at radius 1 is 1.47 bits per heavy atom. The zero-order valence-corrected chi connectivity index (χ0v) is 12.2. The number of phenols is 1. The van der Waals surface area contributed by atoms with Crippen LogP contribution in [0.3, 0.4) is 0 Å². The number of phenolic OH excluding ortho intramolecular Hbond substituents is 1. The van der Waals surface area contributed by atoms with Gasteiger partial charge < -0.3 is 21.4 Å². The van der Waals surface area contributed by atoms with E-state index in [1.807, 2.05) is 13.8 Å². The summed E-state index contributed by atoms with van der Waals surface area (Å²) in [5.74, 6) is -0.779. The number of halogens is 1. The van der Waals surface area contributed by atoms with Crippen molar-refractivity contribution in [2.45, 2.75) is 19.9 Å². The fourth-order valence-corrected chi connectivity index (χ4v) is 1.91. The second-order valence-electron chi connectivity index (χ2n) is 4.38. The molecule has 1 aromatic carbocycles. The molecule has 1 rings (SSSR count). The molecule has 0 spiro atoms. The van der Waals surface area contributed by atoms with Crippen LogP contribution in [0.1, 0.15) is 24.2 Å². The van der Waals surface area contributed by atoms with Gasteiger partial charge in [-0.05, 0) is 24.1 Å². The number of benzene rings is 1. The van der Waals surface area contributed by atoms with Gasteiger partial charge in [0.2, 0.25) is 0 Å². The third kappa shape index (κ3) is 3.85. The number of carbonyl (C=O) groups excluding carboxylic acids is 1. The normalized spacial score (nSPS) is 13.4. The van der Waals surface area contributed by atoms with Crippen molar-refractivity contribution >= 4 is 27.7 Å². The molecule has 0 bridgehead atoms. The largest absolute Gasteiger partial charge is 0.507 e. The van der Waals surface area contributed by atoms with Crippen LogP contribution in [0.2, 0.25) is 0 Å². The first-order valence-electron chi connectivity index (χ1n) is 5.63.